The lowest BCUT2D eigenvalue weighted by molar-refractivity contribution is 0.0906. The molecule has 98 valence electrons. The van der Waals surface area contributed by atoms with Crippen molar-refractivity contribution in [3.05, 3.63) is 17.5 Å². The number of aryl methyl sites for hydroxylation is 2. The van der Waals surface area contributed by atoms with Crippen LogP contribution in [0.4, 0.5) is 0 Å². The molecule has 0 aliphatic carbocycles. The van der Waals surface area contributed by atoms with Crippen molar-refractivity contribution in [2.24, 2.45) is 7.05 Å². The molecule has 0 radical (unpaired) electrons. The standard InChI is InChI=1S/C13H20N4O/c1-5-10-8-11(17(4)16-10)12(18)15-13(6-2,7-3)9-14/h8H,5-7H2,1-4H3,(H,15,18). The maximum absolute atomic E-state index is 12.2. The van der Waals surface area contributed by atoms with Crippen molar-refractivity contribution >= 4 is 5.91 Å². The second kappa shape index (κ2) is 5.67. The molecule has 0 aliphatic heterocycles. The summed E-state index contributed by atoms with van der Waals surface area (Å²) in [6.45, 7) is 5.78. The van der Waals surface area contributed by atoms with Crippen LogP contribution in [0.5, 0.6) is 0 Å². The Kier molecular flexibility index (Phi) is 4.49. The number of carbonyl (C=O) groups is 1. The van der Waals surface area contributed by atoms with Crippen molar-refractivity contribution in [3.63, 3.8) is 0 Å². The molecule has 1 amide bonds. The summed E-state index contributed by atoms with van der Waals surface area (Å²) < 4.78 is 1.56. The van der Waals surface area contributed by atoms with Crippen LogP contribution in [0.1, 0.15) is 49.8 Å². The smallest absolute Gasteiger partial charge is 0.270 e. The highest BCUT2D eigenvalue weighted by Gasteiger charge is 2.29. The van der Waals surface area contributed by atoms with Gasteiger partial charge in [0.25, 0.3) is 5.91 Å². The summed E-state index contributed by atoms with van der Waals surface area (Å²) in [6.07, 6.45) is 1.96. The van der Waals surface area contributed by atoms with Crippen LogP contribution in [0.15, 0.2) is 6.07 Å². The molecule has 1 heterocycles. The maximum atomic E-state index is 12.2. The van der Waals surface area contributed by atoms with Gasteiger partial charge in [-0.25, -0.2) is 0 Å². The summed E-state index contributed by atoms with van der Waals surface area (Å²) in [6, 6.07) is 3.96. The number of nitrogens with zero attached hydrogens (tertiary/aromatic N) is 3. The molecule has 0 fully saturated rings. The molecule has 0 aliphatic rings. The quantitative estimate of drug-likeness (QED) is 0.863. The van der Waals surface area contributed by atoms with E-state index in [9.17, 15) is 10.1 Å². The third-order valence-corrected chi connectivity index (χ3v) is 3.30. The minimum Gasteiger partial charge on any atom is -0.332 e. The van der Waals surface area contributed by atoms with E-state index >= 15 is 0 Å². The number of aromatic nitrogens is 2. The second-order valence-corrected chi connectivity index (χ2v) is 4.35. The topological polar surface area (TPSA) is 70.7 Å². The number of hydrogen-bond donors (Lipinski definition) is 1. The highest BCUT2D eigenvalue weighted by molar-refractivity contribution is 5.93. The van der Waals surface area contributed by atoms with Gasteiger partial charge in [-0.3, -0.25) is 9.48 Å². The number of carbonyl (C=O) groups excluding carboxylic acids is 1. The molecule has 0 spiro atoms. The molecule has 1 rings (SSSR count). The van der Waals surface area contributed by atoms with Gasteiger partial charge in [-0.1, -0.05) is 20.8 Å². The van der Waals surface area contributed by atoms with E-state index in [0.29, 0.717) is 18.5 Å². The van der Waals surface area contributed by atoms with Gasteiger partial charge in [0.05, 0.1) is 11.8 Å². The van der Waals surface area contributed by atoms with Crippen molar-refractivity contribution in [2.75, 3.05) is 0 Å². The van der Waals surface area contributed by atoms with E-state index in [1.807, 2.05) is 20.8 Å². The van der Waals surface area contributed by atoms with Crippen molar-refractivity contribution in [3.8, 4) is 6.07 Å². The van der Waals surface area contributed by atoms with Crippen LogP contribution in [0, 0.1) is 11.3 Å². The third-order valence-electron chi connectivity index (χ3n) is 3.30. The van der Waals surface area contributed by atoms with Gasteiger partial charge in [-0.15, -0.1) is 0 Å². The van der Waals surface area contributed by atoms with Crippen molar-refractivity contribution < 1.29 is 4.79 Å². The first-order valence-electron chi connectivity index (χ1n) is 6.28. The van der Waals surface area contributed by atoms with Gasteiger partial charge in [-0.2, -0.15) is 10.4 Å². The molecule has 0 unspecified atom stereocenters. The van der Waals surface area contributed by atoms with Crippen LogP contribution >= 0.6 is 0 Å². The highest BCUT2D eigenvalue weighted by Crippen LogP contribution is 2.15. The number of rotatable bonds is 5. The van der Waals surface area contributed by atoms with Crippen LogP contribution in [0.3, 0.4) is 0 Å². The van der Waals surface area contributed by atoms with E-state index in [0.717, 1.165) is 12.1 Å². The largest absolute Gasteiger partial charge is 0.332 e. The van der Waals surface area contributed by atoms with E-state index in [2.05, 4.69) is 16.5 Å². The summed E-state index contributed by atoms with van der Waals surface area (Å²) in [7, 11) is 1.74. The van der Waals surface area contributed by atoms with E-state index in [1.54, 1.807) is 17.8 Å². The summed E-state index contributed by atoms with van der Waals surface area (Å²) in [5.74, 6) is -0.241. The third kappa shape index (κ3) is 2.70. The molecule has 1 N–H and O–H groups in total. The first kappa shape index (κ1) is 14.2. The predicted octanol–water partition coefficient (Wildman–Crippen LogP) is 1.79. The Hall–Kier alpha value is -1.83. The van der Waals surface area contributed by atoms with Gasteiger partial charge in [0.15, 0.2) is 0 Å². The average molecular weight is 248 g/mol. The lowest BCUT2D eigenvalue weighted by atomic mass is 9.94. The molecule has 0 saturated heterocycles. The maximum Gasteiger partial charge on any atom is 0.270 e. The van der Waals surface area contributed by atoms with Crippen molar-refractivity contribution in [1.29, 1.82) is 5.26 Å². The molecular formula is C13H20N4O. The number of nitriles is 1. The monoisotopic (exact) mass is 248 g/mol. The fourth-order valence-corrected chi connectivity index (χ4v) is 1.81. The predicted molar refractivity (Wildman–Crippen MR) is 69.0 cm³/mol. The molecule has 1 aromatic heterocycles. The summed E-state index contributed by atoms with van der Waals surface area (Å²) >= 11 is 0. The summed E-state index contributed by atoms with van der Waals surface area (Å²) in [5, 5.41) is 16.2. The minimum absolute atomic E-state index is 0.241. The van der Waals surface area contributed by atoms with Gasteiger partial charge >= 0.3 is 0 Å². The van der Waals surface area contributed by atoms with Crippen LogP contribution in [0.2, 0.25) is 0 Å². The van der Waals surface area contributed by atoms with E-state index in [4.69, 9.17) is 0 Å². The fraction of sp³-hybridized carbons (Fsp3) is 0.615. The molecule has 5 nitrogen and oxygen atoms in total. The molecule has 0 bridgehead atoms. The minimum atomic E-state index is -0.784. The molecule has 1 aromatic rings. The Morgan fingerprint density at radius 3 is 2.50 bits per heavy atom. The molecule has 5 heteroatoms. The van der Waals surface area contributed by atoms with Crippen LogP contribution in [-0.2, 0) is 13.5 Å². The Morgan fingerprint density at radius 1 is 1.50 bits per heavy atom. The van der Waals surface area contributed by atoms with Gasteiger partial charge in [0.2, 0.25) is 0 Å². The Balaban J connectivity index is 2.94. The number of hydrogen-bond acceptors (Lipinski definition) is 3. The zero-order chi connectivity index (χ0) is 13.8. The van der Waals surface area contributed by atoms with Crippen LogP contribution < -0.4 is 5.32 Å². The fourth-order valence-electron chi connectivity index (χ4n) is 1.81. The van der Waals surface area contributed by atoms with Gasteiger partial charge < -0.3 is 5.32 Å². The summed E-state index contributed by atoms with van der Waals surface area (Å²) in [5.41, 5.74) is 0.583. The van der Waals surface area contributed by atoms with E-state index < -0.39 is 5.54 Å². The SMILES string of the molecule is CCc1cc(C(=O)NC(C#N)(CC)CC)n(C)n1. The molecular weight excluding hydrogens is 228 g/mol. The second-order valence-electron chi connectivity index (χ2n) is 4.35. The van der Waals surface area contributed by atoms with E-state index in [-0.39, 0.29) is 5.91 Å². The van der Waals surface area contributed by atoms with Crippen molar-refractivity contribution in [2.45, 2.75) is 45.6 Å². The Labute approximate surface area is 108 Å². The lowest BCUT2D eigenvalue weighted by Gasteiger charge is -2.24. The molecule has 18 heavy (non-hydrogen) atoms. The number of amides is 1. The first-order valence-corrected chi connectivity index (χ1v) is 6.28. The first-order chi connectivity index (χ1) is 8.51. The Bertz CT molecular complexity index is 466. The summed E-state index contributed by atoms with van der Waals surface area (Å²) in [4.78, 5) is 12.2. The van der Waals surface area contributed by atoms with Crippen LogP contribution in [0.25, 0.3) is 0 Å². The van der Waals surface area contributed by atoms with Gasteiger partial charge in [0, 0.05) is 7.05 Å². The van der Waals surface area contributed by atoms with Gasteiger partial charge in [0.1, 0.15) is 11.2 Å². The lowest BCUT2D eigenvalue weighted by Crippen LogP contribution is -2.46. The average Bonchev–Trinajstić information content (AvgIpc) is 2.77. The zero-order valence-corrected chi connectivity index (χ0v) is 11.4. The number of nitrogens with one attached hydrogen (secondary N) is 1. The Morgan fingerprint density at radius 2 is 2.11 bits per heavy atom. The normalized spacial score (nSPS) is 11.1. The van der Waals surface area contributed by atoms with Gasteiger partial charge in [-0.05, 0) is 25.3 Å². The highest BCUT2D eigenvalue weighted by atomic mass is 16.2. The van der Waals surface area contributed by atoms with E-state index in [1.165, 1.54) is 0 Å². The molecule has 0 aromatic carbocycles. The zero-order valence-electron chi connectivity index (χ0n) is 11.4. The molecule has 0 atom stereocenters. The van der Waals surface area contributed by atoms with Crippen LogP contribution in [-0.4, -0.2) is 21.2 Å². The molecule has 0 saturated carbocycles. The van der Waals surface area contributed by atoms with Crippen molar-refractivity contribution in [1.82, 2.24) is 15.1 Å².